The minimum absolute atomic E-state index is 0.189. The molecule has 2 rings (SSSR count). The third kappa shape index (κ3) is 2.93. The van der Waals surface area contributed by atoms with E-state index in [0.29, 0.717) is 18.1 Å². The Kier molecular flexibility index (Phi) is 4.30. The van der Waals surface area contributed by atoms with Crippen molar-refractivity contribution in [2.24, 2.45) is 0 Å². The van der Waals surface area contributed by atoms with Crippen LogP contribution in [-0.4, -0.2) is 29.1 Å². The van der Waals surface area contributed by atoms with E-state index in [1.807, 2.05) is 0 Å². The predicted molar refractivity (Wildman–Crippen MR) is 70.0 cm³/mol. The maximum absolute atomic E-state index is 12.3. The summed E-state index contributed by atoms with van der Waals surface area (Å²) in [6.07, 6.45) is 9.66. The van der Waals surface area contributed by atoms with Crippen molar-refractivity contribution in [1.29, 1.82) is 0 Å². The van der Waals surface area contributed by atoms with E-state index >= 15 is 0 Å². The summed E-state index contributed by atoms with van der Waals surface area (Å²) in [5.74, 6) is 0. The number of nitrogens with one attached hydrogen (secondary N) is 1. The highest BCUT2D eigenvalue weighted by Gasteiger charge is 2.33. The third-order valence-electron chi connectivity index (χ3n) is 4.42. The van der Waals surface area contributed by atoms with Gasteiger partial charge in [0.05, 0.1) is 0 Å². The van der Waals surface area contributed by atoms with E-state index in [9.17, 15) is 4.79 Å². The number of urea groups is 1. The van der Waals surface area contributed by atoms with Crippen LogP contribution >= 0.6 is 0 Å². The molecule has 0 unspecified atom stereocenters. The van der Waals surface area contributed by atoms with E-state index in [2.05, 4.69) is 24.1 Å². The molecule has 3 nitrogen and oxygen atoms in total. The molecule has 1 saturated heterocycles. The summed E-state index contributed by atoms with van der Waals surface area (Å²) in [6, 6.07) is 1.51. The van der Waals surface area contributed by atoms with Crippen LogP contribution in [-0.2, 0) is 0 Å². The topological polar surface area (TPSA) is 32.3 Å². The second-order valence-corrected chi connectivity index (χ2v) is 5.68. The molecule has 1 heterocycles. The van der Waals surface area contributed by atoms with E-state index in [0.717, 1.165) is 12.8 Å². The lowest BCUT2D eigenvalue weighted by Crippen LogP contribution is -2.49. The fraction of sp³-hybridized carbons (Fsp3) is 0.929. The second-order valence-electron chi connectivity index (χ2n) is 5.68. The first kappa shape index (κ1) is 12.7. The summed E-state index contributed by atoms with van der Waals surface area (Å²) in [5.41, 5.74) is 0. The van der Waals surface area contributed by atoms with Crippen LogP contribution in [0.2, 0.25) is 0 Å². The van der Waals surface area contributed by atoms with Gasteiger partial charge >= 0.3 is 6.03 Å². The average molecular weight is 238 g/mol. The summed E-state index contributed by atoms with van der Waals surface area (Å²) in [5, 5.41) is 3.24. The zero-order valence-corrected chi connectivity index (χ0v) is 11.2. The summed E-state index contributed by atoms with van der Waals surface area (Å²) in [6.45, 7) is 4.36. The lowest BCUT2D eigenvalue weighted by Gasteiger charge is -2.31. The Morgan fingerprint density at radius 1 is 1.18 bits per heavy atom. The fourth-order valence-electron chi connectivity index (χ4n) is 3.33. The molecule has 0 bridgehead atoms. The molecule has 17 heavy (non-hydrogen) atoms. The first-order valence-electron chi connectivity index (χ1n) is 7.31. The van der Waals surface area contributed by atoms with Gasteiger partial charge in [0.1, 0.15) is 0 Å². The van der Waals surface area contributed by atoms with Crippen molar-refractivity contribution >= 4 is 6.03 Å². The number of amides is 2. The highest BCUT2D eigenvalue weighted by atomic mass is 16.2. The molecule has 2 atom stereocenters. The van der Waals surface area contributed by atoms with Gasteiger partial charge in [-0.1, -0.05) is 26.2 Å². The number of rotatable bonds is 2. The first-order valence-corrected chi connectivity index (χ1v) is 7.31. The van der Waals surface area contributed by atoms with Crippen LogP contribution in [0.15, 0.2) is 0 Å². The van der Waals surface area contributed by atoms with Crippen LogP contribution in [0, 0.1) is 0 Å². The Morgan fingerprint density at radius 3 is 2.53 bits per heavy atom. The van der Waals surface area contributed by atoms with Crippen molar-refractivity contribution in [2.75, 3.05) is 0 Å². The van der Waals surface area contributed by atoms with Crippen LogP contribution in [0.4, 0.5) is 4.79 Å². The molecule has 1 aliphatic carbocycles. The van der Waals surface area contributed by atoms with Gasteiger partial charge in [-0.15, -0.1) is 0 Å². The summed E-state index contributed by atoms with van der Waals surface area (Å²) in [4.78, 5) is 14.4. The first-order chi connectivity index (χ1) is 8.22. The molecular formula is C14H26N2O. The molecular weight excluding hydrogens is 212 g/mol. The van der Waals surface area contributed by atoms with Crippen molar-refractivity contribution in [2.45, 2.75) is 83.3 Å². The third-order valence-corrected chi connectivity index (χ3v) is 4.42. The van der Waals surface area contributed by atoms with E-state index in [4.69, 9.17) is 0 Å². The van der Waals surface area contributed by atoms with Crippen LogP contribution < -0.4 is 5.32 Å². The molecule has 0 spiro atoms. The number of hydrogen-bond donors (Lipinski definition) is 1. The monoisotopic (exact) mass is 238 g/mol. The molecule has 3 heteroatoms. The number of carbonyl (C=O) groups excluding carboxylic acids is 1. The highest BCUT2D eigenvalue weighted by molar-refractivity contribution is 5.75. The van der Waals surface area contributed by atoms with Gasteiger partial charge in [0, 0.05) is 18.1 Å². The van der Waals surface area contributed by atoms with Gasteiger partial charge in [0.2, 0.25) is 0 Å². The molecule has 1 aliphatic heterocycles. The van der Waals surface area contributed by atoms with Crippen LogP contribution in [0.25, 0.3) is 0 Å². The van der Waals surface area contributed by atoms with Crippen molar-refractivity contribution in [3.8, 4) is 0 Å². The maximum Gasteiger partial charge on any atom is 0.318 e. The molecule has 0 aromatic heterocycles. The Labute approximate surface area is 105 Å². The van der Waals surface area contributed by atoms with Crippen LogP contribution in [0.5, 0.6) is 0 Å². The van der Waals surface area contributed by atoms with Crippen molar-refractivity contribution < 1.29 is 4.79 Å². The Morgan fingerprint density at radius 2 is 1.88 bits per heavy atom. The van der Waals surface area contributed by atoms with Gasteiger partial charge in [-0.2, -0.15) is 0 Å². The number of hydrogen-bond acceptors (Lipinski definition) is 1. The Bertz CT molecular complexity index is 261. The Balaban J connectivity index is 1.89. The smallest absolute Gasteiger partial charge is 0.318 e. The van der Waals surface area contributed by atoms with Crippen molar-refractivity contribution in [1.82, 2.24) is 10.2 Å². The van der Waals surface area contributed by atoms with Gasteiger partial charge < -0.3 is 10.2 Å². The zero-order valence-electron chi connectivity index (χ0n) is 11.2. The molecule has 2 fully saturated rings. The number of likely N-dealkylation sites (tertiary alicyclic amines) is 1. The molecule has 2 aliphatic rings. The van der Waals surface area contributed by atoms with Crippen molar-refractivity contribution in [3.05, 3.63) is 0 Å². The molecule has 98 valence electrons. The maximum atomic E-state index is 12.3. The van der Waals surface area contributed by atoms with Crippen LogP contribution in [0.1, 0.15) is 65.2 Å². The molecule has 0 aromatic rings. The molecule has 2 amide bonds. The molecule has 0 radical (unpaired) electrons. The lowest BCUT2D eigenvalue weighted by atomic mass is 9.96. The summed E-state index contributed by atoms with van der Waals surface area (Å²) >= 11 is 0. The molecule has 0 aromatic carbocycles. The average Bonchev–Trinajstić information content (AvgIpc) is 2.71. The lowest BCUT2D eigenvalue weighted by molar-refractivity contribution is 0.168. The quantitative estimate of drug-likeness (QED) is 0.786. The van der Waals surface area contributed by atoms with Crippen molar-refractivity contribution in [3.63, 3.8) is 0 Å². The van der Waals surface area contributed by atoms with Gasteiger partial charge in [-0.25, -0.2) is 4.79 Å². The second kappa shape index (κ2) is 5.74. The molecule has 1 N–H and O–H groups in total. The summed E-state index contributed by atoms with van der Waals surface area (Å²) < 4.78 is 0. The zero-order chi connectivity index (χ0) is 12.3. The number of nitrogens with zero attached hydrogens (tertiary/aromatic N) is 1. The highest BCUT2D eigenvalue weighted by Crippen LogP contribution is 2.26. The molecule has 1 saturated carbocycles. The SMILES string of the molecule is CC[C@@H]1CC[C@H](C)N1C(=O)NC1CCCCC1. The summed E-state index contributed by atoms with van der Waals surface area (Å²) in [7, 11) is 0. The van der Waals surface area contributed by atoms with E-state index in [1.165, 1.54) is 38.5 Å². The standard InChI is InChI=1S/C14H26N2O/c1-3-13-10-9-11(2)16(13)14(17)15-12-7-5-4-6-8-12/h11-13H,3-10H2,1-2H3,(H,15,17)/t11-,13+/m0/s1. The van der Waals surface area contributed by atoms with Gasteiger partial charge in [0.15, 0.2) is 0 Å². The van der Waals surface area contributed by atoms with E-state index in [1.54, 1.807) is 0 Å². The van der Waals surface area contributed by atoms with Gasteiger partial charge in [-0.05, 0) is 39.0 Å². The number of carbonyl (C=O) groups is 1. The van der Waals surface area contributed by atoms with Gasteiger partial charge in [-0.3, -0.25) is 0 Å². The van der Waals surface area contributed by atoms with E-state index in [-0.39, 0.29) is 6.03 Å². The largest absolute Gasteiger partial charge is 0.335 e. The van der Waals surface area contributed by atoms with Crippen LogP contribution in [0.3, 0.4) is 0 Å². The van der Waals surface area contributed by atoms with E-state index < -0.39 is 0 Å². The minimum atomic E-state index is 0.189. The minimum Gasteiger partial charge on any atom is -0.335 e. The fourth-order valence-corrected chi connectivity index (χ4v) is 3.33. The van der Waals surface area contributed by atoms with Gasteiger partial charge in [0.25, 0.3) is 0 Å². The Hall–Kier alpha value is -0.730. The predicted octanol–water partition coefficient (Wildman–Crippen LogP) is 3.29. The normalized spacial score (nSPS) is 30.6.